The van der Waals surface area contributed by atoms with Crippen LogP contribution in [0.3, 0.4) is 0 Å². The first-order valence-electron chi connectivity index (χ1n) is 6.94. The van der Waals surface area contributed by atoms with E-state index in [1.54, 1.807) is 0 Å². The maximum Gasteiger partial charge on any atom is 0.128 e. The molecule has 0 aromatic carbocycles. The van der Waals surface area contributed by atoms with Crippen LogP contribution in [0.2, 0.25) is 0 Å². The van der Waals surface area contributed by atoms with Crippen molar-refractivity contribution in [2.24, 2.45) is 5.92 Å². The van der Waals surface area contributed by atoms with Crippen molar-refractivity contribution in [3.63, 3.8) is 0 Å². The van der Waals surface area contributed by atoms with E-state index in [9.17, 15) is 0 Å². The Balaban J connectivity index is 2.59. The molecular formula is C15H27N3. The Hall–Kier alpha value is -1.09. The van der Waals surface area contributed by atoms with Crippen LogP contribution in [-0.2, 0) is 6.54 Å². The lowest BCUT2D eigenvalue weighted by molar-refractivity contribution is 0.502. The van der Waals surface area contributed by atoms with Crippen LogP contribution in [0.25, 0.3) is 0 Å². The highest BCUT2D eigenvalue weighted by molar-refractivity contribution is 5.39. The van der Waals surface area contributed by atoms with Gasteiger partial charge in [-0.3, -0.25) is 0 Å². The van der Waals surface area contributed by atoms with Crippen LogP contribution in [-0.4, -0.2) is 24.6 Å². The molecule has 1 heterocycles. The van der Waals surface area contributed by atoms with Gasteiger partial charge < -0.3 is 10.2 Å². The largest absolute Gasteiger partial charge is 0.357 e. The summed E-state index contributed by atoms with van der Waals surface area (Å²) >= 11 is 0. The van der Waals surface area contributed by atoms with E-state index in [1.165, 1.54) is 12.0 Å². The third kappa shape index (κ3) is 4.30. The summed E-state index contributed by atoms with van der Waals surface area (Å²) in [7, 11) is 2.11. The molecule has 0 radical (unpaired) electrons. The van der Waals surface area contributed by atoms with Crippen molar-refractivity contribution in [1.29, 1.82) is 0 Å². The minimum Gasteiger partial charge on any atom is -0.357 e. The van der Waals surface area contributed by atoms with Crippen molar-refractivity contribution in [3.05, 3.63) is 23.9 Å². The van der Waals surface area contributed by atoms with Crippen LogP contribution in [0.1, 0.15) is 39.7 Å². The molecule has 3 nitrogen and oxygen atoms in total. The summed E-state index contributed by atoms with van der Waals surface area (Å²) in [5, 5.41) is 3.39. The molecule has 0 saturated heterocycles. The van der Waals surface area contributed by atoms with Crippen molar-refractivity contribution in [2.45, 2.75) is 46.7 Å². The van der Waals surface area contributed by atoms with Crippen molar-refractivity contribution < 1.29 is 0 Å². The number of rotatable bonds is 7. The molecular weight excluding hydrogens is 222 g/mol. The molecule has 0 spiro atoms. The van der Waals surface area contributed by atoms with Gasteiger partial charge in [0.2, 0.25) is 0 Å². The quantitative estimate of drug-likeness (QED) is 0.753. The molecule has 1 aromatic heterocycles. The third-order valence-electron chi connectivity index (χ3n) is 3.50. The smallest absolute Gasteiger partial charge is 0.128 e. The number of nitrogens with zero attached hydrogens (tertiary/aromatic N) is 2. The summed E-state index contributed by atoms with van der Waals surface area (Å²) < 4.78 is 0. The van der Waals surface area contributed by atoms with E-state index in [-0.39, 0.29) is 0 Å². The molecule has 18 heavy (non-hydrogen) atoms. The molecule has 102 valence electrons. The van der Waals surface area contributed by atoms with Gasteiger partial charge in [0.05, 0.1) is 0 Å². The average Bonchev–Trinajstić information content (AvgIpc) is 2.38. The Kier molecular flexibility index (Phi) is 6.13. The normalized spacial score (nSPS) is 12.8. The first-order chi connectivity index (χ1) is 8.56. The molecule has 0 aliphatic carbocycles. The predicted molar refractivity (Wildman–Crippen MR) is 78.9 cm³/mol. The molecule has 0 amide bonds. The standard InChI is InChI=1S/C15H27N3/c1-6-9-16-10-14-7-8-15(17-11-14)18(5)13(4)12(2)3/h7-8,11-13,16H,6,9-10H2,1-5H3. The van der Waals surface area contributed by atoms with E-state index in [2.05, 4.69) is 62.1 Å². The SMILES string of the molecule is CCCNCc1ccc(N(C)C(C)C(C)C)nc1. The molecule has 0 aliphatic heterocycles. The maximum absolute atomic E-state index is 4.55. The molecule has 1 atom stereocenters. The fraction of sp³-hybridized carbons (Fsp3) is 0.667. The molecule has 0 saturated carbocycles. The first-order valence-corrected chi connectivity index (χ1v) is 6.94. The van der Waals surface area contributed by atoms with Crippen LogP contribution in [0, 0.1) is 5.92 Å². The minimum atomic E-state index is 0.501. The Labute approximate surface area is 112 Å². The summed E-state index contributed by atoms with van der Waals surface area (Å²) in [4.78, 5) is 6.79. The minimum absolute atomic E-state index is 0.501. The van der Waals surface area contributed by atoms with Crippen molar-refractivity contribution >= 4 is 5.82 Å². The fourth-order valence-corrected chi connectivity index (χ4v) is 1.80. The second-order valence-electron chi connectivity index (χ2n) is 5.30. The number of aromatic nitrogens is 1. The van der Waals surface area contributed by atoms with Gasteiger partial charge in [-0.2, -0.15) is 0 Å². The Bertz CT molecular complexity index is 332. The monoisotopic (exact) mass is 249 g/mol. The lowest BCUT2D eigenvalue weighted by Crippen LogP contribution is -2.33. The zero-order chi connectivity index (χ0) is 13.5. The van der Waals surface area contributed by atoms with Gasteiger partial charge in [0.15, 0.2) is 0 Å². The van der Waals surface area contributed by atoms with Crippen molar-refractivity contribution in [2.75, 3.05) is 18.5 Å². The summed E-state index contributed by atoms with van der Waals surface area (Å²) in [5.41, 5.74) is 1.25. The summed E-state index contributed by atoms with van der Waals surface area (Å²) in [6.45, 7) is 10.9. The summed E-state index contributed by atoms with van der Waals surface area (Å²) in [6, 6.07) is 4.78. The summed E-state index contributed by atoms with van der Waals surface area (Å²) in [5.74, 6) is 1.68. The van der Waals surface area contributed by atoms with E-state index in [0.29, 0.717) is 12.0 Å². The van der Waals surface area contributed by atoms with E-state index in [4.69, 9.17) is 0 Å². The number of pyridine rings is 1. The van der Waals surface area contributed by atoms with Crippen LogP contribution < -0.4 is 10.2 Å². The van der Waals surface area contributed by atoms with Crippen LogP contribution >= 0.6 is 0 Å². The average molecular weight is 249 g/mol. The lowest BCUT2D eigenvalue weighted by Gasteiger charge is -2.29. The van der Waals surface area contributed by atoms with Crippen molar-refractivity contribution in [3.8, 4) is 0 Å². The van der Waals surface area contributed by atoms with Gasteiger partial charge in [0.1, 0.15) is 5.82 Å². The van der Waals surface area contributed by atoms with Gasteiger partial charge in [-0.05, 0) is 37.4 Å². The van der Waals surface area contributed by atoms with Gasteiger partial charge in [0, 0.05) is 25.8 Å². The summed E-state index contributed by atoms with van der Waals surface area (Å²) in [6.07, 6.45) is 3.14. The molecule has 3 heteroatoms. The zero-order valence-electron chi connectivity index (χ0n) is 12.4. The maximum atomic E-state index is 4.55. The van der Waals surface area contributed by atoms with E-state index < -0.39 is 0 Å². The van der Waals surface area contributed by atoms with Crippen LogP contribution in [0.5, 0.6) is 0 Å². The molecule has 0 bridgehead atoms. The second-order valence-corrected chi connectivity index (χ2v) is 5.30. The van der Waals surface area contributed by atoms with Crippen molar-refractivity contribution in [1.82, 2.24) is 10.3 Å². The fourth-order valence-electron chi connectivity index (χ4n) is 1.80. The molecule has 1 aromatic rings. The topological polar surface area (TPSA) is 28.2 Å². The highest BCUT2D eigenvalue weighted by Crippen LogP contribution is 2.16. The lowest BCUT2D eigenvalue weighted by atomic mass is 10.1. The molecule has 0 aliphatic rings. The highest BCUT2D eigenvalue weighted by atomic mass is 15.2. The molecule has 1 N–H and O–H groups in total. The predicted octanol–water partition coefficient (Wildman–Crippen LogP) is 3.06. The van der Waals surface area contributed by atoms with Gasteiger partial charge in [-0.25, -0.2) is 4.98 Å². The second kappa shape index (κ2) is 7.37. The van der Waals surface area contributed by atoms with Gasteiger partial charge in [-0.1, -0.05) is 26.8 Å². The highest BCUT2D eigenvalue weighted by Gasteiger charge is 2.14. The first kappa shape index (κ1) is 15.0. The Morgan fingerprint density at radius 2 is 2.00 bits per heavy atom. The molecule has 1 rings (SSSR count). The van der Waals surface area contributed by atoms with E-state index in [1.807, 2.05) is 6.20 Å². The molecule has 1 unspecified atom stereocenters. The number of hydrogen-bond acceptors (Lipinski definition) is 3. The van der Waals surface area contributed by atoms with Gasteiger partial charge in [-0.15, -0.1) is 0 Å². The number of hydrogen-bond donors (Lipinski definition) is 1. The van der Waals surface area contributed by atoms with E-state index >= 15 is 0 Å². The number of nitrogens with one attached hydrogen (secondary N) is 1. The van der Waals surface area contributed by atoms with Crippen LogP contribution in [0.4, 0.5) is 5.82 Å². The third-order valence-corrected chi connectivity index (χ3v) is 3.50. The van der Waals surface area contributed by atoms with E-state index in [0.717, 1.165) is 18.9 Å². The van der Waals surface area contributed by atoms with Gasteiger partial charge in [0.25, 0.3) is 0 Å². The Morgan fingerprint density at radius 1 is 1.28 bits per heavy atom. The molecule has 0 fully saturated rings. The Morgan fingerprint density at radius 3 is 2.50 bits per heavy atom. The van der Waals surface area contributed by atoms with Gasteiger partial charge >= 0.3 is 0 Å². The van der Waals surface area contributed by atoms with Crippen LogP contribution in [0.15, 0.2) is 18.3 Å². The number of anilines is 1. The zero-order valence-corrected chi connectivity index (χ0v) is 12.4.